The molecule has 0 aliphatic rings. The van der Waals surface area contributed by atoms with Crippen LogP contribution in [0.4, 0.5) is 0 Å². The lowest BCUT2D eigenvalue weighted by Crippen LogP contribution is -2.21. The fourth-order valence-corrected chi connectivity index (χ4v) is 1.86. The Morgan fingerprint density at radius 2 is 2.08 bits per heavy atom. The van der Waals surface area contributed by atoms with Gasteiger partial charge in [-0.3, -0.25) is 0 Å². The third kappa shape index (κ3) is 2.71. The molecule has 0 saturated carbocycles. The molecule has 0 aliphatic heterocycles. The first-order valence-corrected chi connectivity index (χ1v) is 4.97. The van der Waals surface area contributed by atoms with E-state index in [1.807, 2.05) is 0 Å². The first kappa shape index (κ1) is 10.6. The SMILES string of the molecule is Cc1cccc(C(CCl)N(C)C)c1. The zero-order chi connectivity index (χ0) is 9.84. The Labute approximate surface area is 85.3 Å². The Bertz CT molecular complexity index is 271. The molecule has 0 aliphatic carbocycles. The van der Waals surface area contributed by atoms with Gasteiger partial charge in [0.1, 0.15) is 0 Å². The van der Waals surface area contributed by atoms with E-state index in [0.29, 0.717) is 11.9 Å². The molecule has 0 spiro atoms. The summed E-state index contributed by atoms with van der Waals surface area (Å²) in [5, 5.41) is 0. The van der Waals surface area contributed by atoms with Crippen LogP contribution < -0.4 is 0 Å². The van der Waals surface area contributed by atoms with Crippen molar-refractivity contribution in [2.24, 2.45) is 0 Å². The molecule has 0 aromatic heterocycles. The van der Waals surface area contributed by atoms with Crippen LogP contribution >= 0.6 is 11.6 Å². The molecular formula is C11H16ClN. The number of halogens is 1. The molecule has 2 heteroatoms. The van der Waals surface area contributed by atoms with Gasteiger partial charge in [0.2, 0.25) is 0 Å². The second kappa shape index (κ2) is 4.64. The van der Waals surface area contributed by atoms with E-state index in [-0.39, 0.29) is 0 Å². The number of alkyl halides is 1. The lowest BCUT2D eigenvalue weighted by Gasteiger charge is -2.22. The van der Waals surface area contributed by atoms with Crippen molar-refractivity contribution in [3.8, 4) is 0 Å². The van der Waals surface area contributed by atoms with Crippen LogP contribution in [-0.4, -0.2) is 24.9 Å². The van der Waals surface area contributed by atoms with E-state index in [0.717, 1.165) is 0 Å². The standard InChI is InChI=1S/C11H16ClN/c1-9-5-4-6-10(7-9)11(8-12)13(2)3/h4-7,11H,8H2,1-3H3. The van der Waals surface area contributed by atoms with E-state index >= 15 is 0 Å². The van der Waals surface area contributed by atoms with Crippen LogP contribution in [0, 0.1) is 6.92 Å². The predicted molar refractivity (Wildman–Crippen MR) is 58.3 cm³/mol. The number of benzene rings is 1. The molecule has 0 heterocycles. The Morgan fingerprint density at radius 1 is 1.38 bits per heavy atom. The summed E-state index contributed by atoms with van der Waals surface area (Å²) in [6.07, 6.45) is 0. The van der Waals surface area contributed by atoms with Gasteiger partial charge in [0.25, 0.3) is 0 Å². The molecule has 1 atom stereocenters. The van der Waals surface area contributed by atoms with Gasteiger partial charge in [0.05, 0.1) is 0 Å². The number of aryl methyl sites for hydroxylation is 1. The number of nitrogens with zero attached hydrogens (tertiary/aromatic N) is 1. The van der Waals surface area contributed by atoms with Crippen LogP contribution in [0.2, 0.25) is 0 Å². The van der Waals surface area contributed by atoms with E-state index in [4.69, 9.17) is 11.6 Å². The normalized spacial score (nSPS) is 13.3. The highest BCUT2D eigenvalue weighted by Crippen LogP contribution is 2.20. The average molecular weight is 198 g/mol. The fraction of sp³-hybridized carbons (Fsp3) is 0.455. The van der Waals surface area contributed by atoms with E-state index in [1.165, 1.54) is 11.1 Å². The topological polar surface area (TPSA) is 3.24 Å². The maximum absolute atomic E-state index is 5.91. The van der Waals surface area contributed by atoms with E-state index < -0.39 is 0 Å². The smallest absolute Gasteiger partial charge is 0.0477 e. The minimum Gasteiger partial charge on any atom is -0.301 e. The van der Waals surface area contributed by atoms with Crippen LogP contribution in [-0.2, 0) is 0 Å². The quantitative estimate of drug-likeness (QED) is 0.674. The number of hydrogen-bond acceptors (Lipinski definition) is 1. The van der Waals surface area contributed by atoms with Gasteiger partial charge in [-0.25, -0.2) is 0 Å². The van der Waals surface area contributed by atoms with Gasteiger partial charge >= 0.3 is 0 Å². The highest BCUT2D eigenvalue weighted by molar-refractivity contribution is 6.18. The number of rotatable bonds is 3. The molecule has 0 amide bonds. The maximum Gasteiger partial charge on any atom is 0.0477 e. The van der Waals surface area contributed by atoms with E-state index in [1.54, 1.807) is 0 Å². The number of hydrogen-bond donors (Lipinski definition) is 0. The predicted octanol–water partition coefficient (Wildman–Crippen LogP) is 2.84. The average Bonchev–Trinajstić information content (AvgIpc) is 2.04. The summed E-state index contributed by atoms with van der Waals surface area (Å²) in [7, 11) is 4.10. The van der Waals surface area contributed by atoms with Crippen LogP contribution in [0.25, 0.3) is 0 Å². The van der Waals surface area contributed by atoms with Crippen molar-refractivity contribution in [3.63, 3.8) is 0 Å². The van der Waals surface area contributed by atoms with Crippen molar-refractivity contribution in [2.75, 3.05) is 20.0 Å². The molecule has 1 nitrogen and oxygen atoms in total. The fourth-order valence-electron chi connectivity index (χ4n) is 1.40. The molecule has 1 unspecified atom stereocenters. The lowest BCUT2D eigenvalue weighted by atomic mass is 10.1. The molecule has 0 radical (unpaired) electrons. The van der Waals surface area contributed by atoms with Gasteiger partial charge in [-0.15, -0.1) is 11.6 Å². The Kier molecular flexibility index (Phi) is 3.76. The zero-order valence-electron chi connectivity index (χ0n) is 8.42. The molecule has 0 fully saturated rings. The van der Waals surface area contributed by atoms with Crippen molar-refractivity contribution >= 4 is 11.6 Å². The van der Waals surface area contributed by atoms with Crippen molar-refractivity contribution in [1.29, 1.82) is 0 Å². The third-order valence-corrected chi connectivity index (χ3v) is 2.49. The van der Waals surface area contributed by atoms with Crippen molar-refractivity contribution in [1.82, 2.24) is 4.90 Å². The van der Waals surface area contributed by atoms with Gasteiger partial charge in [-0.1, -0.05) is 29.8 Å². The molecule has 1 rings (SSSR count). The Balaban J connectivity index is 2.91. The summed E-state index contributed by atoms with van der Waals surface area (Å²) in [5.74, 6) is 0.635. The van der Waals surface area contributed by atoms with Crippen LogP contribution in [0.15, 0.2) is 24.3 Å². The highest BCUT2D eigenvalue weighted by atomic mass is 35.5. The molecular weight excluding hydrogens is 182 g/mol. The summed E-state index contributed by atoms with van der Waals surface area (Å²) < 4.78 is 0. The van der Waals surface area contributed by atoms with Gasteiger partial charge in [-0.2, -0.15) is 0 Å². The van der Waals surface area contributed by atoms with Gasteiger partial charge < -0.3 is 4.90 Å². The summed E-state index contributed by atoms with van der Waals surface area (Å²) in [4.78, 5) is 2.14. The van der Waals surface area contributed by atoms with E-state index in [9.17, 15) is 0 Å². The van der Waals surface area contributed by atoms with Gasteiger partial charge in [0.15, 0.2) is 0 Å². The maximum atomic E-state index is 5.91. The summed E-state index contributed by atoms with van der Waals surface area (Å²) in [6.45, 7) is 2.10. The third-order valence-electron chi connectivity index (χ3n) is 2.20. The molecule has 72 valence electrons. The molecule has 0 N–H and O–H groups in total. The summed E-state index contributed by atoms with van der Waals surface area (Å²) >= 11 is 5.91. The van der Waals surface area contributed by atoms with Crippen LogP contribution in [0.1, 0.15) is 17.2 Å². The first-order chi connectivity index (χ1) is 6.15. The molecule has 13 heavy (non-hydrogen) atoms. The lowest BCUT2D eigenvalue weighted by molar-refractivity contribution is 0.324. The largest absolute Gasteiger partial charge is 0.301 e. The van der Waals surface area contributed by atoms with E-state index in [2.05, 4.69) is 50.2 Å². The zero-order valence-corrected chi connectivity index (χ0v) is 9.17. The minimum atomic E-state index is 0.321. The van der Waals surface area contributed by atoms with Gasteiger partial charge in [0, 0.05) is 11.9 Å². The van der Waals surface area contributed by atoms with Crippen molar-refractivity contribution in [3.05, 3.63) is 35.4 Å². The first-order valence-electron chi connectivity index (χ1n) is 4.44. The molecule has 0 bridgehead atoms. The van der Waals surface area contributed by atoms with Crippen LogP contribution in [0.5, 0.6) is 0 Å². The highest BCUT2D eigenvalue weighted by Gasteiger charge is 2.11. The Morgan fingerprint density at radius 3 is 2.54 bits per heavy atom. The molecule has 1 aromatic rings. The van der Waals surface area contributed by atoms with Crippen LogP contribution in [0.3, 0.4) is 0 Å². The van der Waals surface area contributed by atoms with Crippen molar-refractivity contribution < 1.29 is 0 Å². The second-order valence-electron chi connectivity index (χ2n) is 3.55. The molecule has 1 aromatic carbocycles. The van der Waals surface area contributed by atoms with Crippen molar-refractivity contribution in [2.45, 2.75) is 13.0 Å². The Hall–Kier alpha value is -0.530. The monoisotopic (exact) mass is 197 g/mol. The molecule has 0 saturated heterocycles. The summed E-state index contributed by atoms with van der Waals surface area (Å²) in [6, 6.07) is 8.81. The minimum absolute atomic E-state index is 0.321. The van der Waals surface area contributed by atoms with Gasteiger partial charge in [-0.05, 0) is 26.6 Å². The summed E-state index contributed by atoms with van der Waals surface area (Å²) in [5.41, 5.74) is 2.58. The second-order valence-corrected chi connectivity index (χ2v) is 3.86.